The summed E-state index contributed by atoms with van der Waals surface area (Å²) in [5.41, 5.74) is 1.02. The Morgan fingerprint density at radius 1 is 1.04 bits per heavy atom. The molecule has 2 N–H and O–H groups in total. The number of hydrogen-bond acceptors (Lipinski definition) is 5. The van der Waals surface area contributed by atoms with Crippen molar-refractivity contribution in [1.29, 1.82) is 0 Å². The summed E-state index contributed by atoms with van der Waals surface area (Å²) < 4.78 is 25.9. The third kappa shape index (κ3) is 7.32. The van der Waals surface area contributed by atoms with Gasteiger partial charge in [-0.25, -0.2) is 22.9 Å². The molecular formula is C20H22N2O5S. The highest BCUT2D eigenvalue weighted by Gasteiger charge is 2.15. The van der Waals surface area contributed by atoms with E-state index in [1.165, 1.54) is 17.7 Å². The lowest BCUT2D eigenvalue weighted by Crippen LogP contribution is -2.32. The fraction of sp³-hybridized carbons (Fsp3) is 0.250. The summed E-state index contributed by atoms with van der Waals surface area (Å²) in [5.74, 6) is -2.38. The molecule has 28 heavy (non-hydrogen) atoms. The number of pyridine rings is 1. The number of carboxylic acid groups (broad SMARTS) is 1. The van der Waals surface area contributed by atoms with E-state index in [-0.39, 0.29) is 17.0 Å². The second-order valence-corrected chi connectivity index (χ2v) is 7.92. The Kier molecular flexibility index (Phi) is 7.88. The highest BCUT2D eigenvalue weighted by molar-refractivity contribution is 7.90. The van der Waals surface area contributed by atoms with Gasteiger partial charge in [0.05, 0.1) is 11.3 Å². The van der Waals surface area contributed by atoms with Crippen LogP contribution in [0.4, 0.5) is 0 Å². The first-order valence-corrected chi connectivity index (χ1v) is 10.5. The number of nitrogens with zero attached hydrogens (tertiary/aromatic N) is 1. The first-order chi connectivity index (χ1) is 13.4. The highest BCUT2D eigenvalue weighted by atomic mass is 32.2. The Hall–Kier alpha value is -3.00. The summed E-state index contributed by atoms with van der Waals surface area (Å²) in [5, 5.41) is 8.77. The second-order valence-electron chi connectivity index (χ2n) is 6.15. The zero-order valence-electron chi connectivity index (χ0n) is 15.2. The van der Waals surface area contributed by atoms with Crippen molar-refractivity contribution in [3.05, 3.63) is 77.6 Å². The van der Waals surface area contributed by atoms with E-state index in [2.05, 4.69) is 17.1 Å². The quantitative estimate of drug-likeness (QED) is 0.467. The molecule has 1 heterocycles. The van der Waals surface area contributed by atoms with Crippen molar-refractivity contribution in [3.63, 3.8) is 0 Å². The van der Waals surface area contributed by atoms with Crippen LogP contribution < -0.4 is 4.72 Å². The van der Waals surface area contributed by atoms with E-state index >= 15 is 0 Å². The van der Waals surface area contributed by atoms with Gasteiger partial charge in [0.1, 0.15) is 5.69 Å². The maximum absolute atomic E-state index is 12.0. The first kappa shape index (κ1) is 21.3. The molecule has 0 fully saturated rings. The summed E-state index contributed by atoms with van der Waals surface area (Å²) in [4.78, 5) is 26.3. The molecule has 0 spiro atoms. The molecule has 0 aliphatic carbocycles. The monoisotopic (exact) mass is 402 g/mol. The van der Waals surface area contributed by atoms with Crippen molar-refractivity contribution in [2.75, 3.05) is 5.75 Å². The molecule has 0 unspecified atom stereocenters. The van der Waals surface area contributed by atoms with Crippen molar-refractivity contribution in [3.8, 4) is 0 Å². The molecule has 0 radical (unpaired) electrons. The lowest BCUT2D eigenvalue weighted by molar-refractivity contribution is 0.0689. The van der Waals surface area contributed by atoms with Gasteiger partial charge in [0.2, 0.25) is 10.0 Å². The SMILES string of the molecule is O=C(NS(=O)(=O)CC=CCCCCc1ccccc1)c1ccc(C(=O)O)nc1. The molecule has 0 atom stereocenters. The van der Waals surface area contributed by atoms with Crippen LogP contribution in [0, 0.1) is 0 Å². The van der Waals surface area contributed by atoms with Gasteiger partial charge in [-0.1, -0.05) is 42.5 Å². The summed E-state index contributed by atoms with van der Waals surface area (Å²) in [6, 6.07) is 12.5. The second kappa shape index (κ2) is 10.4. The van der Waals surface area contributed by atoms with E-state index in [1.807, 2.05) is 22.9 Å². The minimum Gasteiger partial charge on any atom is -0.477 e. The van der Waals surface area contributed by atoms with E-state index in [0.717, 1.165) is 37.9 Å². The fourth-order valence-corrected chi connectivity index (χ4v) is 3.32. The van der Waals surface area contributed by atoms with E-state index in [0.29, 0.717) is 0 Å². The van der Waals surface area contributed by atoms with Crippen molar-refractivity contribution in [2.45, 2.75) is 25.7 Å². The third-order valence-electron chi connectivity index (χ3n) is 3.90. The summed E-state index contributed by atoms with van der Waals surface area (Å²) in [7, 11) is -3.82. The number of aryl methyl sites for hydroxylation is 1. The normalized spacial score (nSPS) is 11.4. The number of carboxylic acids is 1. The van der Waals surface area contributed by atoms with Crippen LogP contribution in [0.2, 0.25) is 0 Å². The van der Waals surface area contributed by atoms with Gasteiger partial charge in [-0.2, -0.15) is 0 Å². The number of rotatable bonds is 10. The Morgan fingerprint density at radius 3 is 2.43 bits per heavy atom. The molecule has 2 rings (SSSR count). The van der Waals surface area contributed by atoms with Crippen LogP contribution in [0.15, 0.2) is 60.8 Å². The number of amides is 1. The maximum atomic E-state index is 12.0. The first-order valence-electron chi connectivity index (χ1n) is 8.80. The number of allylic oxidation sites excluding steroid dienone is 1. The van der Waals surface area contributed by atoms with Crippen molar-refractivity contribution in [1.82, 2.24) is 9.71 Å². The lowest BCUT2D eigenvalue weighted by Gasteiger charge is -2.05. The predicted octanol–water partition coefficient (Wildman–Crippen LogP) is 2.81. The molecule has 0 saturated heterocycles. The molecule has 0 aliphatic rings. The van der Waals surface area contributed by atoms with Crippen molar-refractivity contribution >= 4 is 21.9 Å². The van der Waals surface area contributed by atoms with Gasteiger partial charge in [0.25, 0.3) is 5.91 Å². The summed E-state index contributed by atoms with van der Waals surface area (Å²) in [6.07, 6.45) is 8.03. The Labute approximate surface area is 164 Å². The van der Waals surface area contributed by atoms with Crippen LogP contribution in [0.3, 0.4) is 0 Å². The van der Waals surface area contributed by atoms with Gasteiger partial charge in [-0.05, 0) is 43.4 Å². The lowest BCUT2D eigenvalue weighted by atomic mass is 10.1. The van der Waals surface area contributed by atoms with Gasteiger partial charge < -0.3 is 5.11 Å². The van der Waals surface area contributed by atoms with Crippen molar-refractivity contribution in [2.24, 2.45) is 0 Å². The number of carbonyl (C=O) groups is 2. The van der Waals surface area contributed by atoms with Gasteiger partial charge in [-0.3, -0.25) is 4.79 Å². The zero-order chi connectivity index (χ0) is 20.4. The molecule has 2 aromatic rings. The average molecular weight is 402 g/mol. The predicted molar refractivity (Wildman–Crippen MR) is 106 cm³/mol. The zero-order valence-corrected chi connectivity index (χ0v) is 16.1. The molecule has 148 valence electrons. The van der Waals surface area contributed by atoms with E-state index in [1.54, 1.807) is 6.08 Å². The number of benzene rings is 1. The van der Waals surface area contributed by atoms with Gasteiger partial charge >= 0.3 is 5.97 Å². The highest BCUT2D eigenvalue weighted by Crippen LogP contribution is 2.07. The fourth-order valence-electron chi connectivity index (χ4n) is 2.45. The van der Waals surface area contributed by atoms with Crippen LogP contribution in [-0.2, 0) is 16.4 Å². The number of hydrogen-bond donors (Lipinski definition) is 2. The van der Waals surface area contributed by atoms with E-state index in [9.17, 15) is 18.0 Å². The topological polar surface area (TPSA) is 113 Å². The molecule has 0 saturated carbocycles. The van der Waals surface area contributed by atoms with Crippen LogP contribution in [0.5, 0.6) is 0 Å². The van der Waals surface area contributed by atoms with Crippen molar-refractivity contribution < 1.29 is 23.1 Å². The molecule has 1 aromatic heterocycles. The van der Waals surface area contributed by atoms with E-state index in [4.69, 9.17) is 5.11 Å². The third-order valence-corrected chi connectivity index (χ3v) is 5.03. The average Bonchev–Trinajstić information content (AvgIpc) is 2.67. The largest absolute Gasteiger partial charge is 0.477 e. The van der Waals surface area contributed by atoms with Crippen LogP contribution in [0.1, 0.15) is 45.7 Å². The minimum atomic E-state index is -3.82. The molecule has 0 aliphatic heterocycles. The Morgan fingerprint density at radius 2 is 1.79 bits per heavy atom. The van der Waals surface area contributed by atoms with Crippen LogP contribution in [-0.4, -0.2) is 36.1 Å². The van der Waals surface area contributed by atoms with Gasteiger partial charge in [0, 0.05) is 6.20 Å². The van der Waals surface area contributed by atoms with Gasteiger partial charge in [-0.15, -0.1) is 0 Å². The summed E-state index contributed by atoms with van der Waals surface area (Å²) >= 11 is 0. The number of aromatic carboxylic acids is 1. The summed E-state index contributed by atoms with van der Waals surface area (Å²) in [6.45, 7) is 0. The molecule has 1 aromatic carbocycles. The maximum Gasteiger partial charge on any atom is 0.354 e. The molecule has 1 amide bonds. The standard InChI is InChI=1S/C20H22N2O5S/c23-19(17-12-13-18(20(24)25)21-15-17)22-28(26,27)14-8-3-1-2-5-9-16-10-6-4-7-11-16/h3-4,6-8,10-13,15H,1-2,5,9,14H2,(H,22,23)(H,24,25). The molecule has 8 heteroatoms. The number of nitrogens with one attached hydrogen (secondary N) is 1. The number of aromatic nitrogens is 1. The Balaban J connectivity index is 1.72. The number of carbonyl (C=O) groups excluding carboxylic acids is 1. The number of sulfonamides is 1. The minimum absolute atomic E-state index is 0.0292. The van der Waals surface area contributed by atoms with Crippen LogP contribution >= 0.6 is 0 Å². The molecular weight excluding hydrogens is 380 g/mol. The molecule has 0 bridgehead atoms. The molecule has 7 nitrogen and oxygen atoms in total. The number of unbranched alkanes of at least 4 members (excludes halogenated alkanes) is 2. The smallest absolute Gasteiger partial charge is 0.354 e. The van der Waals surface area contributed by atoms with E-state index < -0.39 is 21.9 Å². The van der Waals surface area contributed by atoms with Crippen LogP contribution in [0.25, 0.3) is 0 Å². The Bertz CT molecular complexity index is 923. The van der Waals surface area contributed by atoms with Gasteiger partial charge in [0.15, 0.2) is 0 Å².